The molecule has 0 saturated carbocycles. The second kappa shape index (κ2) is 7.96. The van der Waals surface area contributed by atoms with Crippen molar-refractivity contribution >= 4 is 0 Å². The van der Waals surface area contributed by atoms with Crippen LogP contribution in [0.1, 0.15) is 37.8 Å². The van der Waals surface area contributed by atoms with Crippen LogP contribution in [-0.4, -0.2) is 22.5 Å². The van der Waals surface area contributed by atoms with E-state index in [9.17, 15) is 0 Å². The lowest BCUT2D eigenvalue weighted by Crippen LogP contribution is -2.22. The van der Waals surface area contributed by atoms with Gasteiger partial charge in [0.2, 0.25) is 0 Å². The van der Waals surface area contributed by atoms with Gasteiger partial charge in [-0.3, -0.25) is 9.88 Å². The molecule has 0 aliphatic carbocycles. The molecule has 21 heavy (non-hydrogen) atoms. The molecule has 4 heteroatoms. The Hall–Kier alpha value is -1.65. The fraction of sp³-hybridized carbons (Fsp3) is 0.471. The van der Waals surface area contributed by atoms with Crippen LogP contribution in [0.15, 0.2) is 41.1 Å². The molecular weight excluding hydrogens is 262 g/mol. The Bertz CT molecular complexity index is 522. The normalized spacial score (nSPS) is 11.5. The average molecular weight is 287 g/mol. The van der Waals surface area contributed by atoms with E-state index >= 15 is 0 Å². The van der Waals surface area contributed by atoms with Gasteiger partial charge < -0.3 is 9.73 Å². The summed E-state index contributed by atoms with van der Waals surface area (Å²) in [5, 5.41) is 3.40. The van der Waals surface area contributed by atoms with Gasteiger partial charge in [0.25, 0.3) is 0 Å². The molecule has 0 aromatic carbocycles. The lowest BCUT2D eigenvalue weighted by atomic mass is 10.2. The molecule has 0 spiro atoms. The predicted molar refractivity (Wildman–Crippen MR) is 84.7 cm³/mol. The number of aromatic nitrogens is 1. The third kappa shape index (κ3) is 5.33. The molecule has 0 saturated heterocycles. The summed E-state index contributed by atoms with van der Waals surface area (Å²) in [5.74, 6) is 1.01. The van der Waals surface area contributed by atoms with E-state index in [1.54, 1.807) is 0 Å². The standard InChI is InChI=1S/C17H25N3O/c1-4-20(11-16-7-5-6-8-18-16)12-17-9-15(13-21-17)10-19-14(2)3/h5-9,13-14,19H,4,10-12H2,1-3H3. The van der Waals surface area contributed by atoms with E-state index in [4.69, 9.17) is 4.42 Å². The average Bonchev–Trinajstić information content (AvgIpc) is 2.93. The van der Waals surface area contributed by atoms with Gasteiger partial charge in [0.05, 0.1) is 18.5 Å². The molecule has 2 rings (SSSR count). The molecule has 114 valence electrons. The minimum Gasteiger partial charge on any atom is -0.468 e. The lowest BCUT2D eigenvalue weighted by Gasteiger charge is -2.18. The number of pyridine rings is 1. The van der Waals surface area contributed by atoms with Crippen molar-refractivity contribution in [2.75, 3.05) is 6.54 Å². The van der Waals surface area contributed by atoms with Gasteiger partial charge in [0.1, 0.15) is 5.76 Å². The van der Waals surface area contributed by atoms with Crippen LogP contribution in [0.2, 0.25) is 0 Å². The van der Waals surface area contributed by atoms with Crippen LogP contribution in [0.5, 0.6) is 0 Å². The van der Waals surface area contributed by atoms with E-state index in [1.807, 2.05) is 24.6 Å². The third-order valence-electron chi connectivity index (χ3n) is 3.36. The minimum atomic E-state index is 0.486. The molecular formula is C17H25N3O. The highest BCUT2D eigenvalue weighted by molar-refractivity contribution is 5.13. The number of furan rings is 1. The molecule has 1 N–H and O–H groups in total. The van der Waals surface area contributed by atoms with Crippen molar-refractivity contribution in [1.29, 1.82) is 0 Å². The summed E-state index contributed by atoms with van der Waals surface area (Å²) in [5.41, 5.74) is 2.29. The predicted octanol–water partition coefficient (Wildman–Crippen LogP) is 3.19. The molecule has 0 aliphatic heterocycles. The first-order valence-electron chi connectivity index (χ1n) is 7.59. The number of nitrogens with one attached hydrogen (secondary N) is 1. The summed E-state index contributed by atoms with van der Waals surface area (Å²) < 4.78 is 5.66. The fourth-order valence-electron chi connectivity index (χ4n) is 2.14. The van der Waals surface area contributed by atoms with Crippen molar-refractivity contribution in [3.05, 3.63) is 53.7 Å². The van der Waals surface area contributed by atoms with Gasteiger partial charge in [-0.15, -0.1) is 0 Å². The number of hydrogen-bond acceptors (Lipinski definition) is 4. The minimum absolute atomic E-state index is 0.486. The Morgan fingerprint density at radius 1 is 1.29 bits per heavy atom. The highest BCUT2D eigenvalue weighted by Gasteiger charge is 2.09. The molecule has 2 aromatic rings. The maximum Gasteiger partial charge on any atom is 0.118 e. The van der Waals surface area contributed by atoms with Crippen molar-refractivity contribution in [2.24, 2.45) is 0 Å². The maximum absolute atomic E-state index is 5.66. The summed E-state index contributed by atoms with van der Waals surface area (Å²) in [4.78, 5) is 6.70. The van der Waals surface area contributed by atoms with E-state index in [2.05, 4.69) is 48.1 Å². The Morgan fingerprint density at radius 2 is 2.14 bits per heavy atom. The van der Waals surface area contributed by atoms with Gasteiger partial charge in [-0.2, -0.15) is 0 Å². The molecule has 0 fully saturated rings. The van der Waals surface area contributed by atoms with Crippen molar-refractivity contribution in [2.45, 2.75) is 46.4 Å². The summed E-state index contributed by atoms with van der Waals surface area (Å²) >= 11 is 0. The molecule has 0 unspecified atom stereocenters. The van der Waals surface area contributed by atoms with Crippen LogP contribution in [-0.2, 0) is 19.6 Å². The fourth-order valence-corrected chi connectivity index (χ4v) is 2.14. The Morgan fingerprint density at radius 3 is 2.81 bits per heavy atom. The van der Waals surface area contributed by atoms with Crippen LogP contribution in [0.3, 0.4) is 0 Å². The van der Waals surface area contributed by atoms with Gasteiger partial charge >= 0.3 is 0 Å². The number of nitrogens with zero attached hydrogens (tertiary/aromatic N) is 2. The van der Waals surface area contributed by atoms with E-state index in [1.165, 1.54) is 5.56 Å². The monoisotopic (exact) mass is 287 g/mol. The van der Waals surface area contributed by atoms with Crippen LogP contribution in [0.4, 0.5) is 0 Å². The summed E-state index contributed by atoms with van der Waals surface area (Å²) in [6, 6.07) is 8.65. The summed E-state index contributed by atoms with van der Waals surface area (Å²) in [6.07, 6.45) is 3.69. The van der Waals surface area contributed by atoms with Crippen molar-refractivity contribution in [3.63, 3.8) is 0 Å². The molecule has 0 radical (unpaired) electrons. The highest BCUT2D eigenvalue weighted by Crippen LogP contribution is 2.12. The third-order valence-corrected chi connectivity index (χ3v) is 3.36. The molecule has 4 nitrogen and oxygen atoms in total. The highest BCUT2D eigenvalue weighted by atomic mass is 16.3. The van der Waals surface area contributed by atoms with E-state index in [0.717, 1.165) is 37.6 Å². The van der Waals surface area contributed by atoms with Crippen molar-refractivity contribution in [3.8, 4) is 0 Å². The smallest absolute Gasteiger partial charge is 0.118 e. The largest absolute Gasteiger partial charge is 0.468 e. The second-order valence-electron chi connectivity index (χ2n) is 5.58. The first kappa shape index (κ1) is 15.7. The van der Waals surface area contributed by atoms with Gasteiger partial charge in [-0.05, 0) is 24.7 Å². The molecule has 2 aromatic heterocycles. The van der Waals surface area contributed by atoms with E-state index < -0.39 is 0 Å². The maximum atomic E-state index is 5.66. The Balaban J connectivity index is 1.89. The Labute approximate surface area is 127 Å². The SMILES string of the molecule is CCN(Cc1ccccn1)Cc1cc(CNC(C)C)co1. The Kier molecular flexibility index (Phi) is 5.96. The van der Waals surface area contributed by atoms with Gasteiger partial charge in [0, 0.05) is 30.9 Å². The molecule has 2 heterocycles. The zero-order valence-corrected chi connectivity index (χ0v) is 13.2. The zero-order chi connectivity index (χ0) is 15.1. The first-order chi connectivity index (χ1) is 10.2. The lowest BCUT2D eigenvalue weighted by molar-refractivity contribution is 0.245. The molecule has 0 atom stereocenters. The van der Waals surface area contributed by atoms with Crippen LogP contribution in [0, 0.1) is 0 Å². The van der Waals surface area contributed by atoms with Crippen LogP contribution < -0.4 is 5.32 Å². The summed E-state index contributed by atoms with van der Waals surface area (Å²) in [6.45, 7) is 9.93. The summed E-state index contributed by atoms with van der Waals surface area (Å²) in [7, 11) is 0. The number of hydrogen-bond donors (Lipinski definition) is 1. The zero-order valence-electron chi connectivity index (χ0n) is 13.2. The van der Waals surface area contributed by atoms with Crippen LogP contribution in [0.25, 0.3) is 0 Å². The van der Waals surface area contributed by atoms with Crippen molar-refractivity contribution < 1.29 is 4.42 Å². The van der Waals surface area contributed by atoms with Gasteiger partial charge in [-0.25, -0.2) is 0 Å². The second-order valence-corrected chi connectivity index (χ2v) is 5.58. The topological polar surface area (TPSA) is 41.3 Å². The first-order valence-corrected chi connectivity index (χ1v) is 7.59. The van der Waals surface area contributed by atoms with E-state index in [0.29, 0.717) is 6.04 Å². The van der Waals surface area contributed by atoms with Gasteiger partial charge in [-0.1, -0.05) is 26.8 Å². The number of rotatable bonds is 8. The van der Waals surface area contributed by atoms with Crippen molar-refractivity contribution in [1.82, 2.24) is 15.2 Å². The van der Waals surface area contributed by atoms with E-state index in [-0.39, 0.29) is 0 Å². The van der Waals surface area contributed by atoms with Crippen LogP contribution >= 0.6 is 0 Å². The quantitative estimate of drug-likeness (QED) is 0.809. The molecule has 0 bridgehead atoms. The van der Waals surface area contributed by atoms with Gasteiger partial charge in [0.15, 0.2) is 0 Å². The molecule has 0 aliphatic rings. The molecule has 0 amide bonds.